The second kappa shape index (κ2) is 11.1. The van der Waals surface area contributed by atoms with E-state index in [0.717, 1.165) is 11.6 Å². The minimum atomic E-state index is -1.54. The Kier molecular flexibility index (Phi) is 8.20. The highest BCUT2D eigenvalue weighted by Crippen LogP contribution is 2.25. The largest absolute Gasteiger partial charge is 0.508 e. The van der Waals surface area contributed by atoms with E-state index in [1.807, 2.05) is 0 Å². The molecule has 3 rings (SSSR count). The summed E-state index contributed by atoms with van der Waals surface area (Å²) in [6.45, 7) is -0.418. The van der Waals surface area contributed by atoms with Gasteiger partial charge in [0.1, 0.15) is 29.8 Å². The highest BCUT2D eigenvalue weighted by molar-refractivity contribution is 5.87. The highest BCUT2D eigenvalue weighted by atomic mass is 16.7. The Labute approximate surface area is 184 Å². The smallest absolute Gasteiger partial charge is 0.331 e. The van der Waals surface area contributed by atoms with Gasteiger partial charge in [0, 0.05) is 6.08 Å². The number of aromatic hydroxyl groups is 2. The minimum absolute atomic E-state index is 0.0896. The number of aliphatic hydroxyl groups excluding tert-OH is 3. The summed E-state index contributed by atoms with van der Waals surface area (Å²) in [6, 6.07) is 12.7. The molecule has 0 aromatic heterocycles. The fraction of sp³-hybridized carbons (Fsp3) is 0.348. The predicted molar refractivity (Wildman–Crippen MR) is 113 cm³/mol. The predicted octanol–water partition coefficient (Wildman–Crippen LogP) is 0.721. The van der Waals surface area contributed by atoms with E-state index in [1.54, 1.807) is 36.4 Å². The van der Waals surface area contributed by atoms with Gasteiger partial charge in [-0.3, -0.25) is 0 Å². The number of hydrogen-bond donors (Lipinski definition) is 5. The minimum Gasteiger partial charge on any atom is -0.508 e. The van der Waals surface area contributed by atoms with Gasteiger partial charge in [-0.15, -0.1) is 0 Å². The maximum atomic E-state index is 12.2. The van der Waals surface area contributed by atoms with E-state index < -0.39 is 43.3 Å². The van der Waals surface area contributed by atoms with Crippen LogP contribution in [0.3, 0.4) is 0 Å². The number of carbonyl (C=O) groups is 1. The molecule has 0 bridgehead atoms. The first-order chi connectivity index (χ1) is 15.4. The zero-order valence-corrected chi connectivity index (χ0v) is 17.2. The van der Waals surface area contributed by atoms with Crippen molar-refractivity contribution in [1.29, 1.82) is 0 Å². The number of hydrogen-bond acceptors (Lipinski definition) is 9. The van der Waals surface area contributed by atoms with Crippen molar-refractivity contribution in [1.82, 2.24) is 0 Å². The standard InChI is InChI=1S/C23H26O9/c24-13-18-22(32-19(27)10-5-14-1-6-16(25)7-2-14)20(28)21(29)23(31-18)30-12-11-15-3-8-17(26)9-4-15/h1-10,18,20-26,28-29H,11-13H2/b10-5+. The molecule has 1 fully saturated rings. The van der Waals surface area contributed by atoms with E-state index in [0.29, 0.717) is 12.0 Å². The van der Waals surface area contributed by atoms with Gasteiger partial charge in [0.15, 0.2) is 12.4 Å². The molecule has 0 radical (unpaired) electrons. The zero-order valence-electron chi connectivity index (χ0n) is 17.2. The van der Waals surface area contributed by atoms with E-state index in [4.69, 9.17) is 14.2 Å². The van der Waals surface area contributed by atoms with E-state index >= 15 is 0 Å². The maximum Gasteiger partial charge on any atom is 0.331 e. The summed E-state index contributed by atoms with van der Waals surface area (Å²) in [5.41, 5.74) is 1.53. The number of phenols is 2. The molecule has 1 aliphatic heterocycles. The fourth-order valence-corrected chi connectivity index (χ4v) is 3.21. The van der Waals surface area contributed by atoms with Crippen LogP contribution in [0.5, 0.6) is 11.5 Å². The average molecular weight is 446 g/mol. The molecule has 1 heterocycles. The Morgan fingerprint density at radius 1 is 0.969 bits per heavy atom. The summed E-state index contributed by atoms with van der Waals surface area (Å²) in [5.74, 6) is -0.567. The van der Waals surface area contributed by atoms with Gasteiger partial charge in [-0.05, 0) is 47.9 Å². The number of rotatable bonds is 8. The second-order valence-electron chi connectivity index (χ2n) is 7.32. The number of aliphatic hydroxyl groups is 3. The molecule has 9 nitrogen and oxygen atoms in total. The lowest BCUT2D eigenvalue weighted by Gasteiger charge is -2.41. The van der Waals surface area contributed by atoms with Gasteiger partial charge in [0.2, 0.25) is 0 Å². The Morgan fingerprint density at radius 3 is 2.22 bits per heavy atom. The normalized spacial score (nSPS) is 25.7. The van der Waals surface area contributed by atoms with Crippen molar-refractivity contribution in [2.75, 3.05) is 13.2 Å². The van der Waals surface area contributed by atoms with Gasteiger partial charge in [-0.25, -0.2) is 4.79 Å². The fourth-order valence-electron chi connectivity index (χ4n) is 3.21. The van der Waals surface area contributed by atoms with Gasteiger partial charge in [0.25, 0.3) is 0 Å². The Morgan fingerprint density at radius 2 is 1.59 bits per heavy atom. The summed E-state index contributed by atoms with van der Waals surface area (Å²) >= 11 is 0. The van der Waals surface area contributed by atoms with Crippen LogP contribution in [0.2, 0.25) is 0 Å². The molecule has 32 heavy (non-hydrogen) atoms. The summed E-state index contributed by atoms with van der Waals surface area (Å²) < 4.78 is 16.2. The van der Waals surface area contributed by atoms with Crippen molar-refractivity contribution in [3.63, 3.8) is 0 Å². The third-order valence-corrected chi connectivity index (χ3v) is 4.99. The van der Waals surface area contributed by atoms with Crippen LogP contribution in [0.1, 0.15) is 11.1 Å². The third kappa shape index (κ3) is 6.28. The van der Waals surface area contributed by atoms with E-state index in [9.17, 15) is 30.3 Å². The van der Waals surface area contributed by atoms with Crippen LogP contribution < -0.4 is 0 Å². The molecule has 5 N–H and O–H groups in total. The molecule has 0 spiro atoms. The van der Waals surface area contributed by atoms with Crippen molar-refractivity contribution in [3.8, 4) is 11.5 Å². The van der Waals surface area contributed by atoms with Crippen LogP contribution in [0.25, 0.3) is 6.08 Å². The summed E-state index contributed by atoms with van der Waals surface area (Å²) in [7, 11) is 0. The number of esters is 1. The molecule has 0 amide bonds. The molecule has 5 unspecified atom stereocenters. The summed E-state index contributed by atoms with van der Waals surface area (Å²) in [4.78, 5) is 12.2. The number of benzene rings is 2. The lowest BCUT2D eigenvalue weighted by Crippen LogP contribution is -2.60. The molecule has 5 atom stereocenters. The van der Waals surface area contributed by atoms with E-state index in [-0.39, 0.29) is 18.1 Å². The topological polar surface area (TPSA) is 146 Å². The maximum absolute atomic E-state index is 12.2. The molecule has 172 valence electrons. The highest BCUT2D eigenvalue weighted by Gasteiger charge is 2.46. The van der Waals surface area contributed by atoms with Crippen LogP contribution in [0.4, 0.5) is 0 Å². The van der Waals surface area contributed by atoms with Crippen molar-refractivity contribution in [2.24, 2.45) is 0 Å². The van der Waals surface area contributed by atoms with Gasteiger partial charge in [0.05, 0.1) is 13.2 Å². The number of ether oxygens (including phenoxy) is 3. The molecule has 2 aromatic rings. The molecule has 0 saturated carbocycles. The second-order valence-corrected chi connectivity index (χ2v) is 7.32. The first kappa shape index (κ1) is 23.7. The van der Waals surface area contributed by atoms with Crippen molar-refractivity contribution >= 4 is 12.0 Å². The molecule has 1 aliphatic rings. The quantitative estimate of drug-likeness (QED) is 0.292. The van der Waals surface area contributed by atoms with Gasteiger partial charge in [-0.2, -0.15) is 0 Å². The van der Waals surface area contributed by atoms with E-state index in [1.165, 1.54) is 18.2 Å². The van der Waals surface area contributed by atoms with Crippen molar-refractivity contribution in [3.05, 3.63) is 65.7 Å². The molecule has 2 aromatic carbocycles. The molecular weight excluding hydrogens is 420 g/mol. The van der Waals surface area contributed by atoms with Crippen LogP contribution in [-0.2, 0) is 25.4 Å². The van der Waals surface area contributed by atoms with E-state index in [2.05, 4.69) is 0 Å². The van der Waals surface area contributed by atoms with Gasteiger partial charge < -0.3 is 39.7 Å². The molecular formula is C23H26O9. The zero-order chi connectivity index (χ0) is 23.1. The first-order valence-electron chi connectivity index (χ1n) is 10.1. The lowest BCUT2D eigenvalue weighted by molar-refractivity contribution is -0.302. The monoisotopic (exact) mass is 446 g/mol. The SMILES string of the molecule is O=C(/C=C/c1ccc(O)cc1)OC1C(CO)OC(OCCc2ccc(O)cc2)C(O)C1O. The van der Waals surface area contributed by atoms with Crippen LogP contribution in [0.15, 0.2) is 54.6 Å². The Balaban J connectivity index is 1.54. The molecule has 0 aliphatic carbocycles. The van der Waals surface area contributed by atoms with Gasteiger partial charge >= 0.3 is 5.97 Å². The van der Waals surface area contributed by atoms with Gasteiger partial charge in [-0.1, -0.05) is 24.3 Å². The average Bonchev–Trinajstić information content (AvgIpc) is 2.79. The summed E-state index contributed by atoms with van der Waals surface area (Å²) in [5, 5.41) is 49.0. The van der Waals surface area contributed by atoms with Crippen molar-refractivity contribution in [2.45, 2.75) is 37.1 Å². The molecule has 9 heteroatoms. The number of phenolic OH excluding ortho intramolecular Hbond substituents is 2. The summed E-state index contributed by atoms with van der Waals surface area (Å²) in [6.07, 6.45) is -3.61. The van der Waals surface area contributed by atoms with Crippen LogP contribution in [-0.4, -0.2) is 75.4 Å². The van der Waals surface area contributed by atoms with Crippen LogP contribution in [0, 0.1) is 0 Å². The Bertz CT molecular complexity index is 893. The lowest BCUT2D eigenvalue weighted by atomic mass is 9.99. The number of carbonyl (C=O) groups excluding carboxylic acids is 1. The molecule has 1 saturated heterocycles. The van der Waals surface area contributed by atoms with Crippen molar-refractivity contribution < 1.29 is 44.5 Å². The first-order valence-corrected chi connectivity index (χ1v) is 10.1. The van der Waals surface area contributed by atoms with Crippen LogP contribution >= 0.6 is 0 Å². The Hall–Kier alpha value is -2.95. The third-order valence-electron chi connectivity index (χ3n) is 4.99.